The Morgan fingerprint density at radius 3 is 1.70 bits per heavy atom. The van der Waals surface area contributed by atoms with Gasteiger partial charge in [-0.2, -0.15) is 0 Å². The van der Waals surface area contributed by atoms with Gasteiger partial charge in [0.2, 0.25) is 0 Å². The average molecular weight is 359 g/mol. The molecule has 1 N–H and O–H groups in total. The van der Waals surface area contributed by atoms with Gasteiger partial charge < -0.3 is 9.66 Å². The van der Waals surface area contributed by atoms with Crippen LogP contribution in [0.2, 0.25) is 0 Å². The van der Waals surface area contributed by atoms with Gasteiger partial charge in [-0.05, 0) is 19.3 Å². The van der Waals surface area contributed by atoms with E-state index in [2.05, 4.69) is 6.92 Å². The summed E-state index contributed by atoms with van der Waals surface area (Å²) in [5, 5.41) is 8.63. The third-order valence-corrected chi connectivity index (χ3v) is 5.54. The zero-order valence-electron chi connectivity index (χ0n) is 15.4. The summed E-state index contributed by atoms with van der Waals surface area (Å²) in [6.07, 6.45) is 12.1. The van der Waals surface area contributed by atoms with E-state index in [4.69, 9.17) is 0 Å². The van der Waals surface area contributed by atoms with Crippen molar-refractivity contribution in [2.45, 2.75) is 109 Å². The van der Waals surface area contributed by atoms with Gasteiger partial charge in [0.15, 0.2) is 0 Å². The Kier molecular flexibility index (Phi) is 18.5. The average Bonchev–Trinajstić information content (AvgIpc) is 2.46. The Morgan fingerprint density at radius 2 is 1.30 bits per heavy atom. The van der Waals surface area contributed by atoms with Crippen LogP contribution < -0.4 is 29.6 Å². The molecule has 134 valence electrons. The quantitative estimate of drug-likeness (QED) is 0.272. The van der Waals surface area contributed by atoms with E-state index in [1.807, 2.05) is 0 Å². The molecule has 0 aliphatic heterocycles. The van der Waals surface area contributed by atoms with Crippen LogP contribution in [0.3, 0.4) is 0 Å². The van der Waals surface area contributed by atoms with E-state index in [0.29, 0.717) is 12.8 Å². The molecule has 2 unspecified atom stereocenters. The van der Waals surface area contributed by atoms with Crippen molar-refractivity contribution in [3.63, 3.8) is 0 Å². The molecule has 0 amide bonds. The van der Waals surface area contributed by atoms with Crippen molar-refractivity contribution >= 4 is 10.1 Å². The van der Waals surface area contributed by atoms with Gasteiger partial charge in [-0.3, -0.25) is 0 Å². The van der Waals surface area contributed by atoms with Gasteiger partial charge in [-0.15, -0.1) is 0 Å². The van der Waals surface area contributed by atoms with Gasteiger partial charge >= 0.3 is 29.6 Å². The molecule has 0 aromatic rings. The van der Waals surface area contributed by atoms with E-state index in [1.165, 1.54) is 44.9 Å². The second-order valence-electron chi connectivity index (χ2n) is 6.38. The largest absolute Gasteiger partial charge is 1.00 e. The number of hydrogen-bond acceptors (Lipinski definition) is 4. The smallest absolute Gasteiger partial charge is 0.748 e. The van der Waals surface area contributed by atoms with Crippen LogP contribution in [-0.2, 0) is 10.1 Å². The minimum absolute atomic E-state index is 0. The molecule has 0 spiro atoms. The molecule has 0 aliphatic rings. The SMILES string of the molecule is CCCCCCCCCCCCC(CC(O)CC)S(=O)(=O)[O-].[Na+]. The van der Waals surface area contributed by atoms with Gasteiger partial charge in [-0.25, -0.2) is 8.42 Å². The first-order chi connectivity index (χ1) is 10.4. The van der Waals surface area contributed by atoms with Gasteiger partial charge in [0, 0.05) is 0 Å². The number of unbranched alkanes of at least 4 members (excludes halogenated alkanes) is 9. The van der Waals surface area contributed by atoms with Crippen LogP contribution in [0.5, 0.6) is 0 Å². The number of rotatable bonds is 15. The van der Waals surface area contributed by atoms with Gasteiger partial charge in [0.05, 0.1) is 21.5 Å². The summed E-state index contributed by atoms with van der Waals surface area (Å²) >= 11 is 0. The Morgan fingerprint density at radius 1 is 0.870 bits per heavy atom. The Labute approximate surface area is 165 Å². The summed E-state index contributed by atoms with van der Waals surface area (Å²) in [6, 6.07) is 0. The van der Waals surface area contributed by atoms with E-state index >= 15 is 0 Å². The van der Waals surface area contributed by atoms with Crippen molar-refractivity contribution in [1.29, 1.82) is 0 Å². The fourth-order valence-electron chi connectivity index (χ4n) is 2.71. The molecule has 0 rings (SSSR count). The number of aliphatic hydroxyl groups excluding tert-OH is 1. The van der Waals surface area contributed by atoms with E-state index in [0.717, 1.165) is 19.3 Å². The van der Waals surface area contributed by atoms with Gasteiger partial charge in [0.1, 0.15) is 0 Å². The third-order valence-electron chi connectivity index (χ3n) is 4.29. The molecule has 0 saturated carbocycles. The van der Waals surface area contributed by atoms with Crippen molar-refractivity contribution in [1.82, 2.24) is 0 Å². The fourth-order valence-corrected chi connectivity index (χ4v) is 3.62. The first-order valence-electron chi connectivity index (χ1n) is 9.04. The Balaban J connectivity index is 0. The topological polar surface area (TPSA) is 77.4 Å². The van der Waals surface area contributed by atoms with Crippen molar-refractivity contribution in [2.24, 2.45) is 0 Å². The molecule has 2 atom stereocenters. The normalized spacial score (nSPS) is 14.3. The monoisotopic (exact) mass is 358 g/mol. The molecule has 0 radical (unpaired) electrons. The molecule has 0 fully saturated rings. The maximum atomic E-state index is 11.2. The summed E-state index contributed by atoms with van der Waals surface area (Å²) in [6.45, 7) is 4.01. The summed E-state index contributed by atoms with van der Waals surface area (Å²) in [5.74, 6) is 0. The maximum Gasteiger partial charge on any atom is 1.00 e. The number of hydrogen-bond donors (Lipinski definition) is 1. The van der Waals surface area contributed by atoms with Gasteiger partial charge in [0.25, 0.3) is 0 Å². The summed E-state index contributed by atoms with van der Waals surface area (Å²) in [4.78, 5) is 0. The standard InChI is InChI=1S/C17H36O4S.Na/c1-3-5-6-7-8-9-10-11-12-13-14-17(22(19,20)21)15-16(18)4-2;/h16-18H,3-15H2,1-2H3,(H,19,20,21);/q;+1/p-1. The van der Waals surface area contributed by atoms with Gasteiger partial charge in [-0.1, -0.05) is 78.1 Å². The maximum absolute atomic E-state index is 11.2. The number of aliphatic hydroxyl groups is 1. The van der Waals surface area contributed by atoms with Crippen molar-refractivity contribution in [3.8, 4) is 0 Å². The predicted molar refractivity (Wildman–Crippen MR) is 90.9 cm³/mol. The fraction of sp³-hybridized carbons (Fsp3) is 1.00. The van der Waals surface area contributed by atoms with Crippen molar-refractivity contribution < 1.29 is 47.6 Å². The molecular formula is C17H35NaO4S. The van der Waals surface area contributed by atoms with Crippen LogP contribution in [0.1, 0.15) is 97.3 Å². The third kappa shape index (κ3) is 16.1. The van der Waals surface area contributed by atoms with E-state index in [1.54, 1.807) is 6.92 Å². The molecule has 0 aromatic heterocycles. The Hall–Kier alpha value is 0.870. The second-order valence-corrected chi connectivity index (χ2v) is 8.04. The van der Waals surface area contributed by atoms with Crippen LogP contribution in [0.4, 0.5) is 0 Å². The molecule has 0 aliphatic carbocycles. The van der Waals surface area contributed by atoms with Crippen LogP contribution in [0.25, 0.3) is 0 Å². The minimum Gasteiger partial charge on any atom is -0.748 e. The molecular weight excluding hydrogens is 323 g/mol. The first-order valence-corrected chi connectivity index (χ1v) is 10.5. The van der Waals surface area contributed by atoms with Crippen LogP contribution in [0.15, 0.2) is 0 Å². The van der Waals surface area contributed by atoms with E-state index in [-0.39, 0.29) is 36.0 Å². The van der Waals surface area contributed by atoms with Crippen LogP contribution in [0, 0.1) is 0 Å². The molecule has 0 aromatic carbocycles. The molecule has 23 heavy (non-hydrogen) atoms. The molecule has 4 nitrogen and oxygen atoms in total. The second kappa shape index (κ2) is 16.3. The predicted octanol–water partition coefficient (Wildman–Crippen LogP) is 1.38. The minimum atomic E-state index is -4.29. The zero-order valence-corrected chi connectivity index (χ0v) is 18.2. The first kappa shape index (κ1) is 26.1. The molecule has 0 saturated heterocycles. The molecule has 0 bridgehead atoms. The molecule has 0 heterocycles. The Bertz CT molecular complexity index is 347. The zero-order chi connectivity index (χ0) is 16.8. The van der Waals surface area contributed by atoms with Crippen LogP contribution in [-0.4, -0.2) is 29.4 Å². The van der Waals surface area contributed by atoms with Crippen molar-refractivity contribution in [3.05, 3.63) is 0 Å². The molecule has 6 heteroatoms. The van der Waals surface area contributed by atoms with E-state index < -0.39 is 21.5 Å². The van der Waals surface area contributed by atoms with Crippen molar-refractivity contribution in [2.75, 3.05) is 0 Å². The summed E-state index contributed by atoms with van der Waals surface area (Å²) < 4.78 is 33.6. The summed E-state index contributed by atoms with van der Waals surface area (Å²) in [5.41, 5.74) is 0. The summed E-state index contributed by atoms with van der Waals surface area (Å²) in [7, 11) is -4.29. The van der Waals surface area contributed by atoms with E-state index in [9.17, 15) is 18.1 Å². The van der Waals surface area contributed by atoms with Crippen LogP contribution >= 0.6 is 0 Å².